The molecule has 32 heavy (non-hydrogen) atoms. The van der Waals surface area contributed by atoms with Crippen LogP contribution in [0.4, 0.5) is 23.1 Å². The van der Waals surface area contributed by atoms with Crippen LogP contribution in [0.5, 0.6) is 0 Å². The second-order valence-corrected chi connectivity index (χ2v) is 9.52. The van der Waals surface area contributed by atoms with Crippen LogP contribution in [0.15, 0.2) is 53.4 Å². The zero-order valence-electron chi connectivity index (χ0n) is 18.4. The van der Waals surface area contributed by atoms with E-state index >= 15 is 0 Å². The van der Waals surface area contributed by atoms with E-state index in [1.807, 2.05) is 32.0 Å². The summed E-state index contributed by atoms with van der Waals surface area (Å²) in [6.07, 6.45) is 0. The van der Waals surface area contributed by atoms with Gasteiger partial charge in [0.15, 0.2) is 0 Å². The summed E-state index contributed by atoms with van der Waals surface area (Å²) in [5, 5.41) is 3.21. The summed E-state index contributed by atoms with van der Waals surface area (Å²) < 4.78 is 33.7. The number of sulfonamides is 1. The molecule has 0 saturated carbocycles. The smallest absolute Gasteiger partial charge is 0.262 e. The van der Waals surface area contributed by atoms with Crippen LogP contribution in [0.3, 0.4) is 0 Å². The third-order valence-electron chi connectivity index (χ3n) is 5.20. The Bertz CT molecular complexity index is 1210. The maximum atomic E-state index is 12.8. The molecule has 2 N–H and O–H groups in total. The highest BCUT2D eigenvalue weighted by molar-refractivity contribution is 7.92. The Labute approximate surface area is 188 Å². The second kappa shape index (κ2) is 9.13. The molecule has 0 atom stereocenters. The van der Waals surface area contributed by atoms with E-state index in [0.29, 0.717) is 30.4 Å². The molecule has 1 aliphatic rings. The lowest BCUT2D eigenvalue weighted by Gasteiger charge is -2.28. The highest BCUT2D eigenvalue weighted by Gasteiger charge is 2.17. The zero-order valence-corrected chi connectivity index (χ0v) is 19.2. The largest absolute Gasteiger partial charge is 0.378 e. The van der Waals surface area contributed by atoms with Crippen LogP contribution in [-0.2, 0) is 14.8 Å². The van der Waals surface area contributed by atoms with E-state index in [4.69, 9.17) is 4.74 Å². The van der Waals surface area contributed by atoms with Gasteiger partial charge in [-0.2, -0.15) is 4.98 Å². The van der Waals surface area contributed by atoms with Gasteiger partial charge in [-0.3, -0.25) is 4.72 Å². The summed E-state index contributed by atoms with van der Waals surface area (Å²) in [5.74, 6) is 1.36. The van der Waals surface area contributed by atoms with Gasteiger partial charge in [-0.25, -0.2) is 13.4 Å². The first kappa shape index (κ1) is 22.0. The molecule has 1 saturated heterocycles. The molecule has 4 rings (SSSR count). The first-order valence-corrected chi connectivity index (χ1v) is 11.9. The first-order valence-electron chi connectivity index (χ1n) is 10.5. The molecule has 8 nitrogen and oxygen atoms in total. The predicted molar refractivity (Wildman–Crippen MR) is 126 cm³/mol. The van der Waals surface area contributed by atoms with Crippen LogP contribution in [0.2, 0.25) is 0 Å². The molecule has 9 heteroatoms. The van der Waals surface area contributed by atoms with E-state index in [0.717, 1.165) is 35.9 Å². The molecule has 0 unspecified atom stereocenters. The fourth-order valence-electron chi connectivity index (χ4n) is 3.52. The lowest BCUT2D eigenvalue weighted by atomic mass is 10.2. The van der Waals surface area contributed by atoms with Crippen LogP contribution >= 0.6 is 0 Å². The predicted octanol–water partition coefficient (Wildman–Crippen LogP) is 3.78. The van der Waals surface area contributed by atoms with Crippen molar-refractivity contribution in [3.8, 4) is 0 Å². The Balaban J connectivity index is 1.48. The number of hydrogen-bond donors (Lipinski definition) is 2. The SMILES string of the molecule is Cc1ccc(C)c(S(=O)(=O)Nc2ccc(Nc3nc(C)cc(N4CCOCC4)n3)cc2)c1. The number of aromatic nitrogens is 2. The Hall–Kier alpha value is -3.17. The first-order chi connectivity index (χ1) is 15.3. The van der Waals surface area contributed by atoms with Crippen molar-refractivity contribution in [2.24, 2.45) is 0 Å². The highest BCUT2D eigenvalue weighted by atomic mass is 32.2. The zero-order chi connectivity index (χ0) is 22.7. The average Bonchev–Trinajstić information content (AvgIpc) is 2.77. The van der Waals surface area contributed by atoms with Crippen molar-refractivity contribution >= 4 is 33.2 Å². The minimum Gasteiger partial charge on any atom is -0.378 e. The van der Waals surface area contributed by atoms with Gasteiger partial charge in [0.2, 0.25) is 5.95 Å². The molecule has 1 fully saturated rings. The van der Waals surface area contributed by atoms with Gasteiger partial charge in [-0.1, -0.05) is 12.1 Å². The Morgan fingerprint density at radius 1 is 0.906 bits per heavy atom. The molecule has 1 aliphatic heterocycles. The lowest BCUT2D eigenvalue weighted by molar-refractivity contribution is 0.122. The number of morpholine rings is 1. The van der Waals surface area contributed by atoms with Crippen molar-refractivity contribution < 1.29 is 13.2 Å². The molecule has 2 heterocycles. The Kier molecular flexibility index (Phi) is 6.29. The number of aryl methyl sites for hydroxylation is 3. The summed E-state index contributed by atoms with van der Waals surface area (Å²) in [5.41, 5.74) is 3.70. The van der Waals surface area contributed by atoms with E-state index in [-0.39, 0.29) is 4.90 Å². The molecule has 2 aromatic carbocycles. The molecule has 0 spiro atoms. The third kappa shape index (κ3) is 5.17. The van der Waals surface area contributed by atoms with Gasteiger partial charge in [0.1, 0.15) is 5.82 Å². The number of ether oxygens (including phenoxy) is 1. The van der Waals surface area contributed by atoms with E-state index in [9.17, 15) is 8.42 Å². The van der Waals surface area contributed by atoms with Crippen LogP contribution in [0.1, 0.15) is 16.8 Å². The fourth-order valence-corrected chi connectivity index (χ4v) is 4.91. The molecule has 1 aromatic heterocycles. The van der Waals surface area contributed by atoms with E-state index < -0.39 is 10.0 Å². The number of nitrogens with one attached hydrogen (secondary N) is 2. The van der Waals surface area contributed by atoms with Crippen LogP contribution in [0.25, 0.3) is 0 Å². The molecule has 0 aliphatic carbocycles. The van der Waals surface area contributed by atoms with E-state index in [1.165, 1.54) is 0 Å². The van der Waals surface area contributed by atoms with E-state index in [2.05, 4.69) is 24.9 Å². The van der Waals surface area contributed by atoms with Gasteiger partial charge in [0, 0.05) is 36.2 Å². The fraction of sp³-hybridized carbons (Fsp3) is 0.304. The summed E-state index contributed by atoms with van der Waals surface area (Å²) in [4.78, 5) is 11.6. The van der Waals surface area contributed by atoms with Crippen LogP contribution in [0, 0.1) is 20.8 Å². The van der Waals surface area contributed by atoms with Crippen molar-refractivity contribution in [3.63, 3.8) is 0 Å². The minimum absolute atomic E-state index is 0.281. The van der Waals surface area contributed by atoms with E-state index in [1.54, 1.807) is 37.3 Å². The van der Waals surface area contributed by atoms with Crippen molar-refractivity contribution in [3.05, 3.63) is 65.4 Å². The van der Waals surface area contributed by atoms with Gasteiger partial charge in [-0.05, 0) is 62.2 Å². The Morgan fingerprint density at radius 2 is 1.59 bits per heavy atom. The van der Waals surface area contributed by atoms with Gasteiger partial charge in [0.25, 0.3) is 10.0 Å². The normalized spacial score (nSPS) is 14.3. The van der Waals surface area contributed by atoms with Crippen LogP contribution < -0.4 is 14.9 Å². The second-order valence-electron chi connectivity index (χ2n) is 7.87. The monoisotopic (exact) mass is 453 g/mol. The number of rotatable bonds is 6. The van der Waals surface area contributed by atoms with Gasteiger partial charge in [0.05, 0.1) is 18.1 Å². The van der Waals surface area contributed by atoms with Crippen molar-refractivity contribution in [1.29, 1.82) is 0 Å². The quantitative estimate of drug-likeness (QED) is 0.586. The molecule has 0 amide bonds. The number of benzene rings is 2. The molecule has 3 aromatic rings. The molecular weight excluding hydrogens is 426 g/mol. The maximum absolute atomic E-state index is 12.8. The number of hydrogen-bond acceptors (Lipinski definition) is 7. The minimum atomic E-state index is -3.67. The topological polar surface area (TPSA) is 96.5 Å². The standard InChI is InChI=1S/C23H27N5O3S/c1-16-4-5-17(2)21(14-16)32(29,30)27-20-8-6-19(7-9-20)25-23-24-18(3)15-22(26-23)28-10-12-31-13-11-28/h4-9,14-15,27H,10-13H2,1-3H3,(H,24,25,26). The van der Waals surface area contributed by atoms with Crippen LogP contribution in [-0.4, -0.2) is 44.7 Å². The molecule has 0 bridgehead atoms. The van der Waals surface area contributed by atoms with Crippen molar-refractivity contribution in [2.45, 2.75) is 25.7 Å². The molecular formula is C23H27N5O3S. The maximum Gasteiger partial charge on any atom is 0.262 e. The summed E-state index contributed by atoms with van der Waals surface area (Å²) >= 11 is 0. The summed E-state index contributed by atoms with van der Waals surface area (Å²) in [6.45, 7) is 8.56. The van der Waals surface area contributed by atoms with Gasteiger partial charge in [-0.15, -0.1) is 0 Å². The lowest BCUT2D eigenvalue weighted by Crippen LogP contribution is -2.36. The molecule has 168 valence electrons. The van der Waals surface area contributed by atoms with Gasteiger partial charge >= 0.3 is 0 Å². The third-order valence-corrected chi connectivity index (χ3v) is 6.73. The summed E-state index contributed by atoms with van der Waals surface area (Å²) in [7, 11) is -3.67. The van der Waals surface area contributed by atoms with Crippen molar-refractivity contribution in [1.82, 2.24) is 9.97 Å². The number of anilines is 4. The van der Waals surface area contributed by atoms with Gasteiger partial charge < -0.3 is 15.0 Å². The highest BCUT2D eigenvalue weighted by Crippen LogP contribution is 2.23. The average molecular weight is 454 g/mol. The Morgan fingerprint density at radius 3 is 2.31 bits per heavy atom. The van der Waals surface area contributed by atoms with Crippen molar-refractivity contribution in [2.75, 3.05) is 41.2 Å². The molecule has 0 radical (unpaired) electrons. The number of nitrogens with zero attached hydrogens (tertiary/aromatic N) is 3. The summed E-state index contributed by atoms with van der Waals surface area (Å²) in [6, 6.07) is 14.3.